The van der Waals surface area contributed by atoms with Crippen LogP contribution in [0.4, 0.5) is 0 Å². The third-order valence-corrected chi connectivity index (χ3v) is 7.06. The Morgan fingerprint density at radius 2 is 1.70 bits per heavy atom. The number of hydrogen-bond acceptors (Lipinski definition) is 1. The van der Waals surface area contributed by atoms with Crippen LogP contribution in [0.15, 0.2) is 66.7 Å². The van der Waals surface area contributed by atoms with Crippen LogP contribution < -0.4 is 0 Å². The first-order valence-corrected chi connectivity index (χ1v) is 10.8. The monoisotopic (exact) mass is 388 g/mol. The molecule has 0 amide bonds. The maximum atomic E-state index is 11.2. The lowest BCUT2D eigenvalue weighted by Crippen LogP contribution is -2.08. The van der Waals surface area contributed by atoms with Crippen LogP contribution in [0.3, 0.4) is 0 Å². The van der Waals surface area contributed by atoms with Crippen LogP contribution in [0.1, 0.15) is 52.6 Å². The zero-order valence-electron chi connectivity index (χ0n) is 17.4. The van der Waals surface area contributed by atoms with Crippen molar-refractivity contribution < 1.29 is 5.11 Å². The number of fused-ring (bicyclic) bond motifs is 1. The molecule has 1 unspecified atom stereocenters. The molecule has 0 spiro atoms. The highest BCUT2D eigenvalue weighted by Crippen LogP contribution is 2.45. The summed E-state index contributed by atoms with van der Waals surface area (Å²) in [5.74, 6) is 0.540. The highest BCUT2D eigenvalue weighted by atomic mass is 16.3. The van der Waals surface area contributed by atoms with Crippen LogP contribution in [-0.4, -0.2) is 5.11 Å². The zero-order chi connectivity index (χ0) is 20.4. The minimum absolute atomic E-state index is 0.123. The van der Waals surface area contributed by atoms with Crippen molar-refractivity contribution in [2.45, 2.75) is 32.6 Å². The van der Waals surface area contributed by atoms with Gasteiger partial charge in [-0.1, -0.05) is 79.7 Å². The molecule has 0 fully saturated rings. The number of aromatic hydroxyl groups is 1. The average Bonchev–Trinajstić information content (AvgIpc) is 2.79. The number of allylic oxidation sites excluding steroid dienone is 3. The van der Waals surface area contributed by atoms with Crippen molar-refractivity contribution in [3.63, 3.8) is 0 Å². The standard InChI is InChI=1S/C29H24O/c1-17-16-26(29(30)25-9-4-3-8-22(17)25)18(2)23-14-12-21-11-10-19-6-5-7-20-13-15-24(23)28(21)27(19)20/h3-6,8-14,16,18,30H,7,15H2,1-2H3. The fourth-order valence-electron chi connectivity index (χ4n) is 5.53. The smallest absolute Gasteiger partial charge is 0.127 e. The van der Waals surface area contributed by atoms with E-state index < -0.39 is 0 Å². The van der Waals surface area contributed by atoms with Crippen LogP contribution in [-0.2, 0) is 6.42 Å². The van der Waals surface area contributed by atoms with Crippen LogP contribution >= 0.6 is 0 Å². The number of hydrogen-bond donors (Lipinski definition) is 1. The fourth-order valence-corrected chi connectivity index (χ4v) is 5.53. The summed E-state index contributed by atoms with van der Waals surface area (Å²) in [6, 6.07) is 19.4. The Hall–Kier alpha value is -3.32. The first kappa shape index (κ1) is 17.5. The van der Waals surface area contributed by atoms with Gasteiger partial charge in [-0.15, -0.1) is 0 Å². The minimum atomic E-state index is 0.123. The predicted octanol–water partition coefficient (Wildman–Crippen LogP) is 7.52. The molecule has 1 atom stereocenters. The lowest BCUT2D eigenvalue weighted by Gasteiger charge is -2.27. The van der Waals surface area contributed by atoms with Crippen molar-refractivity contribution in [1.29, 1.82) is 0 Å². The van der Waals surface area contributed by atoms with Gasteiger partial charge in [-0.05, 0) is 69.3 Å². The Bertz CT molecular complexity index is 1420. The minimum Gasteiger partial charge on any atom is -0.507 e. The van der Waals surface area contributed by atoms with Gasteiger partial charge in [0.1, 0.15) is 5.75 Å². The van der Waals surface area contributed by atoms with Gasteiger partial charge in [-0.3, -0.25) is 0 Å². The number of benzene rings is 4. The summed E-state index contributed by atoms with van der Waals surface area (Å²) in [5.41, 5.74) is 9.18. The zero-order valence-corrected chi connectivity index (χ0v) is 17.4. The molecule has 30 heavy (non-hydrogen) atoms. The van der Waals surface area contributed by atoms with E-state index in [9.17, 15) is 5.11 Å². The summed E-state index contributed by atoms with van der Waals surface area (Å²) < 4.78 is 0. The van der Waals surface area contributed by atoms with Crippen LogP contribution in [0.5, 0.6) is 5.75 Å². The SMILES string of the molecule is Cc1cc(C(C)c2ccc3ccc4c5c3c2CC=C5CC=C4)c(O)c2ccccc12. The second kappa shape index (κ2) is 6.34. The molecule has 1 N–H and O–H groups in total. The molecule has 0 heterocycles. The van der Waals surface area contributed by atoms with Gasteiger partial charge in [-0.2, -0.15) is 0 Å². The first-order valence-electron chi connectivity index (χ1n) is 10.8. The Balaban J connectivity index is 1.60. The number of rotatable bonds is 2. The molecule has 0 aliphatic heterocycles. The highest BCUT2D eigenvalue weighted by molar-refractivity contribution is 6.03. The van der Waals surface area contributed by atoms with Gasteiger partial charge in [0.15, 0.2) is 0 Å². The van der Waals surface area contributed by atoms with Crippen molar-refractivity contribution in [1.82, 2.24) is 0 Å². The van der Waals surface area contributed by atoms with Gasteiger partial charge in [-0.25, -0.2) is 0 Å². The Morgan fingerprint density at radius 3 is 2.57 bits per heavy atom. The predicted molar refractivity (Wildman–Crippen MR) is 127 cm³/mol. The van der Waals surface area contributed by atoms with Crippen LogP contribution in [0.25, 0.3) is 33.2 Å². The molecule has 6 rings (SSSR count). The summed E-state index contributed by atoms with van der Waals surface area (Å²) in [6.07, 6.45) is 8.93. The second-order valence-corrected chi connectivity index (χ2v) is 8.70. The third kappa shape index (κ3) is 2.35. The molecule has 2 aliphatic carbocycles. The second-order valence-electron chi connectivity index (χ2n) is 8.70. The van der Waals surface area contributed by atoms with Gasteiger partial charge < -0.3 is 5.11 Å². The van der Waals surface area contributed by atoms with Crippen molar-refractivity contribution in [3.8, 4) is 5.75 Å². The van der Waals surface area contributed by atoms with E-state index in [-0.39, 0.29) is 5.92 Å². The van der Waals surface area contributed by atoms with E-state index >= 15 is 0 Å². The van der Waals surface area contributed by atoms with E-state index in [0.717, 1.165) is 29.2 Å². The number of phenolic OH excluding ortho intramolecular Hbond substituents is 1. The molecular weight excluding hydrogens is 364 g/mol. The van der Waals surface area contributed by atoms with E-state index in [4.69, 9.17) is 0 Å². The molecule has 0 radical (unpaired) electrons. The molecule has 4 aromatic rings. The summed E-state index contributed by atoms with van der Waals surface area (Å²) in [6.45, 7) is 4.37. The molecule has 146 valence electrons. The van der Waals surface area contributed by atoms with Crippen molar-refractivity contribution in [2.24, 2.45) is 0 Å². The third-order valence-electron chi connectivity index (χ3n) is 7.06. The largest absolute Gasteiger partial charge is 0.507 e. The molecule has 4 aromatic carbocycles. The highest BCUT2D eigenvalue weighted by Gasteiger charge is 2.25. The van der Waals surface area contributed by atoms with Gasteiger partial charge in [0.2, 0.25) is 0 Å². The van der Waals surface area contributed by atoms with Gasteiger partial charge >= 0.3 is 0 Å². The normalized spacial score (nSPS) is 15.5. The van der Waals surface area contributed by atoms with E-state index in [1.165, 1.54) is 44.2 Å². The summed E-state index contributed by atoms with van der Waals surface area (Å²) in [7, 11) is 0. The molecule has 0 saturated carbocycles. The quantitative estimate of drug-likeness (QED) is 0.376. The summed E-state index contributed by atoms with van der Waals surface area (Å²) in [4.78, 5) is 0. The summed E-state index contributed by atoms with van der Waals surface area (Å²) in [5, 5.41) is 16.0. The summed E-state index contributed by atoms with van der Waals surface area (Å²) >= 11 is 0. The Morgan fingerprint density at radius 1 is 0.900 bits per heavy atom. The topological polar surface area (TPSA) is 20.2 Å². The average molecular weight is 389 g/mol. The fraction of sp³-hybridized carbons (Fsp3) is 0.172. The maximum absolute atomic E-state index is 11.2. The van der Waals surface area contributed by atoms with Gasteiger partial charge in [0.25, 0.3) is 0 Å². The van der Waals surface area contributed by atoms with Gasteiger partial charge in [0.05, 0.1) is 0 Å². The van der Waals surface area contributed by atoms with Gasteiger partial charge in [0, 0.05) is 16.9 Å². The molecule has 1 nitrogen and oxygen atoms in total. The van der Waals surface area contributed by atoms with E-state index in [1.54, 1.807) is 0 Å². The maximum Gasteiger partial charge on any atom is 0.127 e. The van der Waals surface area contributed by atoms with E-state index in [0.29, 0.717) is 5.75 Å². The molecule has 2 aliphatic rings. The van der Waals surface area contributed by atoms with E-state index in [2.05, 4.69) is 68.5 Å². The Labute approximate surface area is 177 Å². The van der Waals surface area contributed by atoms with Crippen LogP contribution in [0, 0.1) is 6.92 Å². The lowest BCUT2D eigenvalue weighted by molar-refractivity contribution is 0.472. The molecule has 0 aromatic heterocycles. The molecular formula is C29H24O. The molecule has 1 heteroatoms. The van der Waals surface area contributed by atoms with Crippen LogP contribution in [0.2, 0.25) is 0 Å². The molecule has 0 saturated heterocycles. The number of phenols is 1. The van der Waals surface area contributed by atoms with Crippen molar-refractivity contribution in [3.05, 3.63) is 100 Å². The number of aryl methyl sites for hydroxylation is 1. The molecule has 0 bridgehead atoms. The first-order chi connectivity index (χ1) is 14.6. The Kier molecular flexibility index (Phi) is 3.70. The lowest BCUT2D eigenvalue weighted by atomic mass is 9.77. The van der Waals surface area contributed by atoms with Crippen molar-refractivity contribution >= 4 is 33.2 Å². The van der Waals surface area contributed by atoms with Crippen molar-refractivity contribution in [2.75, 3.05) is 0 Å². The van der Waals surface area contributed by atoms with E-state index in [1.807, 2.05) is 18.2 Å².